The van der Waals surface area contributed by atoms with Crippen LogP contribution < -0.4 is 40.2 Å². The van der Waals surface area contributed by atoms with Gasteiger partial charge in [-0.25, -0.2) is 4.79 Å². The third kappa shape index (κ3) is 4.67. The van der Waals surface area contributed by atoms with E-state index in [1.165, 1.54) is 0 Å². The Morgan fingerprint density at radius 1 is 1.20 bits per heavy atom. The van der Waals surface area contributed by atoms with Crippen molar-refractivity contribution in [1.82, 2.24) is 5.16 Å². The number of urea groups is 1. The molecule has 20 heavy (non-hydrogen) atoms. The van der Waals surface area contributed by atoms with E-state index in [9.17, 15) is 4.79 Å². The normalized spacial score (nSPS) is 10.6. The van der Waals surface area contributed by atoms with Gasteiger partial charge in [-0.2, -0.15) is 0 Å². The van der Waals surface area contributed by atoms with Crippen molar-refractivity contribution in [2.45, 2.75) is 26.2 Å². The second-order valence-electron chi connectivity index (χ2n) is 5.27. The third-order valence-electron chi connectivity index (χ3n) is 2.52. The monoisotopic (exact) mass is 283 g/mol. The molecule has 0 atom stereocenters. The van der Waals surface area contributed by atoms with E-state index in [2.05, 4.69) is 15.8 Å². The van der Waals surface area contributed by atoms with Gasteiger partial charge >= 0.3 is 35.6 Å². The number of aromatic nitrogens is 1. The molecule has 2 N–H and O–H groups in total. The van der Waals surface area contributed by atoms with Crippen LogP contribution in [0.1, 0.15) is 28.0 Å². The van der Waals surface area contributed by atoms with E-state index >= 15 is 0 Å². The standard InChI is InChI=1S/C14H17N3O2.Na.H/c1-14(2,3)11-9-12(17-19-11)16-13(18)15-10-7-5-4-6-8-10;;/h4-9H,1-3H3,(H2,15,16,17,18);;/q;+1;-1. The molecule has 0 aliphatic heterocycles. The van der Waals surface area contributed by atoms with Gasteiger partial charge in [-0.1, -0.05) is 44.1 Å². The summed E-state index contributed by atoms with van der Waals surface area (Å²) in [5.41, 5.74) is 0.586. The second-order valence-corrected chi connectivity index (χ2v) is 5.27. The van der Waals surface area contributed by atoms with Crippen LogP contribution >= 0.6 is 0 Å². The Hall–Kier alpha value is -1.30. The average Bonchev–Trinajstić information content (AvgIpc) is 2.78. The fraction of sp³-hybridized carbons (Fsp3) is 0.286. The molecule has 0 bridgehead atoms. The Morgan fingerprint density at radius 2 is 1.85 bits per heavy atom. The minimum atomic E-state index is -0.347. The summed E-state index contributed by atoms with van der Waals surface area (Å²) < 4.78 is 5.19. The van der Waals surface area contributed by atoms with Gasteiger partial charge in [0.2, 0.25) is 0 Å². The van der Waals surface area contributed by atoms with Crippen LogP contribution in [-0.4, -0.2) is 11.2 Å². The molecule has 6 heteroatoms. The first-order valence-corrected chi connectivity index (χ1v) is 6.05. The summed E-state index contributed by atoms with van der Waals surface area (Å²) in [5.74, 6) is 1.13. The predicted molar refractivity (Wildman–Crippen MR) is 75.4 cm³/mol. The summed E-state index contributed by atoms with van der Waals surface area (Å²) in [6.07, 6.45) is 0. The molecular weight excluding hydrogens is 265 g/mol. The fourth-order valence-corrected chi connectivity index (χ4v) is 1.49. The molecule has 1 aromatic heterocycles. The number of amides is 2. The molecule has 1 heterocycles. The number of carbonyl (C=O) groups excluding carboxylic acids is 1. The first kappa shape index (κ1) is 16.8. The van der Waals surface area contributed by atoms with Gasteiger partial charge < -0.3 is 11.3 Å². The topological polar surface area (TPSA) is 67.2 Å². The molecule has 0 aliphatic rings. The van der Waals surface area contributed by atoms with E-state index in [4.69, 9.17) is 4.52 Å². The summed E-state index contributed by atoms with van der Waals surface area (Å²) in [6.45, 7) is 6.05. The van der Waals surface area contributed by atoms with E-state index in [1.807, 2.05) is 51.1 Å². The Balaban J connectivity index is 0.00000200. The number of carbonyl (C=O) groups is 1. The summed E-state index contributed by atoms with van der Waals surface area (Å²) in [4.78, 5) is 11.7. The molecule has 2 amide bonds. The van der Waals surface area contributed by atoms with Crippen LogP contribution in [0.15, 0.2) is 40.9 Å². The summed E-state index contributed by atoms with van der Waals surface area (Å²) in [7, 11) is 0. The minimum Gasteiger partial charge on any atom is -1.00 e. The summed E-state index contributed by atoms with van der Waals surface area (Å²) >= 11 is 0. The third-order valence-corrected chi connectivity index (χ3v) is 2.52. The largest absolute Gasteiger partial charge is 1.00 e. The van der Waals surface area contributed by atoms with Crippen molar-refractivity contribution >= 4 is 17.5 Å². The quantitative estimate of drug-likeness (QED) is 0.799. The molecule has 0 unspecified atom stereocenters. The zero-order chi connectivity index (χ0) is 13.9. The zero-order valence-corrected chi connectivity index (χ0v) is 14.2. The van der Waals surface area contributed by atoms with Crippen LogP contribution in [0.4, 0.5) is 16.3 Å². The van der Waals surface area contributed by atoms with Crippen molar-refractivity contribution in [3.05, 3.63) is 42.2 Å². The SMILES string of the molecule is CC(C)(C)c1cc(NC(=O)Nc2ccccc2)no1.[H-].[Na+]. The molecule has 5 nitrogen and oxygen atoms in total. The Labute approximate surface area is 141 Å². The molecule has 0 aliphatic carbocycles. The molecule has 102 valence electrons. The molecule has 0 spiro atoms. The van der Waals surface area contributed by atoms with E-state index in [-0.39, 0.29) is 42.4 Å². The van der Waals surface area contributed by atoms with Crippen LogP contribution in [0.5, 0.6) is 0 Å². The van der Waals surface area contributed by atoms with Crippen molar-refractivity contribution in [2.75, 3.05) is 10.6 Å². The van der Waals surface area contributed by atoms with Crippen molar-refractivity contribution in [2.24, 2.45) is 0 Å². The van der Waals surface area contributed by atoms with Crippen molar-refractivity contribution < 1.29 is 40.3 Å². The average molecular weight is 283 g/mol. The van der Waals surface area contributed by atoms with Gasteiger partial charge in [-0.05, 0) is 12.1 Å². The van der Waals surface area contributed by atoms with E-state index in [0.29, 0.717) is 5.82 Å². The van der Waals surface area contributed by atoms with Gasteiger partial charge in [0.25, 0.3) is 0 Å². The van der Waals surface area contributed by atoms with Gasteiger partial charge in [-0.3, -0.25) is 5.32 Å². The fourth-order valence-electron chi connectivity index (χ4n) is 1.49. The van der Waals surface area contributed by atoms with Crippen LogP contribution in [0.3, 0.4) is 0 Å². The molecule has 1 aromatic carbocycles. The molecule has 0 saturated heterocycles. The van der Waals surface area contributed by atoms with Crippen molar-refractivity contribution in [3.63, 3.8) is 0 Å². The maximum absolute atomic E-state index is 11.7. The number of hydrogen-bond acceptors (Lipinski definition) is 3. The Kier molecular flexibility index (Phi) is 5.80. The van der Waals surface area contributed by atoms with Gasteiger partial charge in [0.05, 0.1) is 0 Å². The molecular formula is C14H18N3NaO2. The van der Waals surface area contributed by atoms with E-state index < -0.39 is 0 Å². The van der Waals surface area contributed by atoms with Crippen LogP contribution in [-0.2, 0) is 5.41 Å². The van der Waals surface area contributed by atoms with E-state index in [1.54, 1.807) is 6.07 Å². The van der Waals surface area contributed by atoms with Gasteiger partial charge in [0, 0.05) is 17.2 Å². The smallest absolute Gasteiger partial charge is 1.00 e. The molecule has 0 radical (unpaired) electrons. The number of rotatable bonds is 2. The summed E-state index contributed by atoms with van der Waals surface area (Å²) in [5, 5.41) is 9.15. The first-order valence-electron chi connectivity index (χ1n) is 6.05. The number of nitrogens with one attached hydrogen (secondary N) is 2. The molecule has 0 saturated carbocycles. The predicted octanol–water partition coefficient (Wildman–Crippen LogP) is 0.733. The number of benzene rings is 1. The maximum Gasteiger partial charge on any atom is 1.00 e. The van der Waals surface area contributed by atoms with E-state index in [0.717, 1.165) is 11.4 Å². The number of hydrogen-bond donors (Lipinski definition) is 2. The Bertz CT molecular complexity index is 567. The van der Waals surface area contributed by atoms with Gasteiger partial charge in [-0.15, -0.1) is 0 Å². The molecule has 0 fully saturated rings. The van der Waals surface area contributed by atoms with Crippen molar-refractivity contribution in [3.8, 4) is 0 Å². The van der Waals surface area contributed by atoms with Crippen molar-refractivity contribution in [1.29, 1.82) is 0 Å². The summed E-state index contributed by atoms with van der Waals surface area (Å²) in [6, 6.07) is 10.6. The van der Waals surface area contributed by atoms with Gasteiger partial charge in [0.1, 0.15) is 5.76 Å². The maximum atomic E-state index is 11.7. The van der Waals surface area contributed by atoms with Crippen LogP contribution in [0.2, 0.25) is 0 Å². The number of anilines is 2. The van der Waals surface area contributed by atoms with Crippen LogP contribution in [0, 0.1) is 0 Å². The minimum absolute atomic E-state index is 0. The number of nitrogens with zero attached hydrogens (tertiary/aromatic N) is 1. The van der Waals surface area contributed by atoms with Crippen LogP contribution in [0.25, 0.3) is 0 Å². The number of para-hydroxylation sites is 1. The molecule has 2 aromatic rings. The molecule has 2 rings (SSSR count). The second kappa shape index (κ2) is 6.92. The first-order chi connectivity index (χ1) is 8.95. The van der Waals surface area contributed by atoms with Gasteiger partial charge in [0.15, 0.2) is 5.82 Å². The zero-order valence-electron chi connectivity index (χ0n) is 13.2. The Morgan fingerprint density at radius 3 is 2.40 bits per heavy atom.